The van der Waals surface area contributed by atoms with Gasteiger partial charge in [0.2, 0.25) is 0 Å². The third-order valence-corrected chi connectivity index (χ3v) is 7.70. The van der Waals surface area contributed by atoms with Gasteiger partial charge in [-0.1, -0.05) is 51.9 Å². The lowest BCUT2D eigenvalue weighted by molar-refractivity contribution is 0.0360. The summed E-state index contributed by atoms with van der Waals surface area (Å²) >= 11 is 0. The number of halogens is 2. The van der Waals surface area contributed by atoms with Crippen LogP contribution in [0.15, 0.2) is 0 Å². The van der Waals surface area contributed by atoms with E-state index in [1.165, 1.54) is 51.4 Å². The van der Waals surface area contributed by atoms with Crippen LogP contribution in [0, 0.1) is 46.8 Å². The van der Waals surface area contributed by atoms with Crippen LogP contribution in [-0.4, -0.2) is 12.3 Å². The van der Waals surface area contributed by atoms with Gasteiger partial charge in [-0.15, -0.1) is 0 Å². The lowest BCUT2D eigenvalue weighted by Gasteiger charge is -2.40. The van der Waals surface area contributed by atoms with Gasteiger partial charge in [0, 0.05) is 0 Å². The Hall–Kier alpha value is -0.650. The molecule has 3 aliphatic rings. The van der Waals surface area contributed by atoms with E-state index < -0.39 is 18.3 Å². The van der Waals surface area contributed by atoms with E-state index in [1.54, 1.807) is 0 Å². The van der Waals surface area contributed by atoms with Crippen molar-refractivity contribution in [3.05, 3.63) is 0 Å². The molecule has 3 fully saturated rings. The van der Waals surface area contributed by atoms with Crippen molar-refractivity contribution in [2.75, 3.05) is 0 Å². The Bertz CT molecular complexity index is 433. The molecule has 0 bridgehead atoms. The smallest absolute Gasteiger partial charge is 0.119 e. The van der Waals surface area contributed by atoms with Crippen molar-refractivity contribution in [3.8, 4) is 6.07 Å². The summed E-state index contributed by atoms with van der Waals surface area (Å²) in [5, 5.41) is 8.92. The minimum Gasteiger partial charge on any atom is -0.246 e. The highest BCUT2D eigenvalue weighted by Crippen LogP contribution is 2.45. The average Bonchev–Trinajstić information content (AvgIpc) is 2.63. The normalized spacial score (nSPS) is 41.8. The maximum Gasteiger partial charge on any atom is 0.119 e. The van der Waals surface area contributed by atoms with Gasteiger partial charge in [0.05, 0.1) is 6.07 Å². The molecular formula is C22H35F2N. The molecule has 0 aromatic carbocycles. The molecule has 3 unspecified atom stereocenters. The number of alkyl halides is 2. The summed E-state index contributed by atoms with van der Waals surface area (Å²) in [5.74, 6) is 2.23. The van der Waals surface area contributed by atoms with Gasteiger partial charge in [0.15, 0.2) is 0 Å². The van der Waals surface area contributed by atoms with E-state index in [4.69, 9.17) is 5.26 Å². The molecule has 3 aliphatic carbocycles. The minimum atomic E-state index is -1.26. The summed E-state index contributed by atoms with van der Waals surface area (Å²) in [6.07, 6.45) is 11.5. The maximum atomic E-state index is 14.1. The molecule has 0 spiro atoms. The number of rotatable bonds is 4. The minimum absolute atomic E-state index is 0.159. The molecule has 3 saturated carbocycles. The van der Waals surface area contributed by atoms with Gasteiger partial charge >= 0.3 is 0 Å². The molecule has 0 heterocycles. The zero-order valence-electron chi connectivity index (χ0n) is 15.8. The number of hydrogen-bond donors (Lipinski definition) is 0. The predicted octanol–water partition coefficient (Wildman–Crippen LogP) is 6.63. The molecule has 0 radical (unpaired) electrons. The fourth-order valence-electron chi connectivity index (χ4n) is 6.06. The number of hydrogen-bond acceptors (Lipinski definition) is 1. The SMILES string of the molecule is CC(CC1CCC(C2CC(F)C(C#N)C(F)C2)CC1)C1CCCCC1. The topological polar surface area (TPSA) is 23.8 Å². The zero-order valence-corrected chi connectivity index (χ0v) is 15.8. The average molecular weight is 352 g/mol. The van der Waals surface area contributed by atoms with Gasteiger partial charge in [-0.3, -0.25) is 0 Å². The summed E-state index contributed by atoms with van der Waals surface area (Å²) in [5.41, 5.74) is 0. The Kier molecular flexibility index (Phi) is 6.75. The monoisotopic (exact) mass is 351 g/mol. The Morgan fingerprint density at radius 2 is 1.48 bits per heavy atom. The first-order chi connectivity index (χ1) is 12.1. The van der Waals surface area contributed by atoms with E-state index in [2.05, 4.69) is 6.92 Å². The second kappa shape index (κ2) is 8.83. The Morgan fingerprint density at radius 1 is 0.880 bits per heavy atom. The van der Waals surface area contributed by atoms with Gasteiger partial charge in [0.1, 0.15) is 18.3 Å². The molecule has 0 aromatic rings. The summed E-state index contributed by atoms with van der Waals surface area (Å²) in [6.45, 7) is 2.45. The Labute approximate surface area is 152 Å². The lowest BCUT2D eigenvalue weighted by atomic mass is 9.66. The summed E-state index contributed by atoms with van der Waals surface area (Å²) in [7, 11) is 0. The van der Waals surface area contributed by atoms with E-state index in [1.807, 2.05) is 6.07 Å². The summed E-state index contributed by atoms with van der Waals surface area (Å²) < 4.78 is 28.2. The van der Waals surface area contributed by atoms with Gasteiger partial charge in [-0.05, 0) is 61.7 Å². The number of nitrogens with zero attached hydrogens (tertiary/aromatic N) is 1. The van der Waals surface area contributed by atoms with Crippen LogP contribution >= 0.6 is 0 Å². The molecular weight excluding hydrogens is 316 g/mol. The molecule has 142 valence electrons. The second-order valence-electron chi connectivity index (χ2n) is 9.31. The predicted molar refractivity (Wildman–Crippen MR) is 97.4 cm³/mol. The molecule has 0 saturated heterocycles. The van der Waals surface area contributed by atoms with E-state index in [9.17, 15) is 8.78 Å². The van der Waals surface area contributed by atoms with Crippen LogP contribution in [0.2, 0.25) is 0 Å². The van der Waals surface area contributed by atoms with Gasteiger partial charge in [0.25, 0.3) is 0 Å². The highest BCUT2D eigenvalue weighted by molar-refractivity contribution is 5.00. The molecule has 3 heteroatoms. The largest absolute Gasteiger partial charge is 0.246 e. The van der Waals surface area contributed by atoms with Crippen LogP contribution in [0.3, 0.4) is 0 Å². The van der Waals surface area contributed by atoms with Crippen molar-refractivity contribution in [2.45, 2.75) is 96.3 Å². The van der Waals surface area contributed by atoms with Crippen molar-refractivity contribution in [3.63, 3.8) is 0 Å². The molecule has 25 heavy (non-hydrogen) atoms. The van der Waals surface area contributed by atoms with Crippen molar-refractivity contribution in [1.82, 2.24) is 0 Å². The first kappa shape index (κ1) is 19.1. The highest BCUT2D eigenvalue weighted by atomic mass is 19.1. The standard InChI is InChI=1S/C22H35F2N/c1-15(17-5-3-2-4-6-17)11-16-7-9-18(10-8-16)19-12-21(23)20(14-25)22(24)13-19/h15-22H,2-13H2,1H3. The van der Waals surface area contributed by atoms with E-state index in [0.717, 1.165) is 30.6 Å². The highest BCUT2D eigenvalue weighted by Gasteiger charge is 2.42. The van der Waals surface area contributed by atoms with Gasteiger partial charge in [-0.25, -0.2) is 8.78 Å². The van der Waals surface area contributed by atoms with Crippen LogP contribution in [0.4, 0.5) is 8.78 Å². The van der Waals surface area contributed by atoms with Gasteiger partial charge < -0.3 is 0 Å². The molecule has 0 aromatic heterocycles. The van der Waals surface area contributed by atoms with Crippen molar-refractivity contribution in [1.29, 1.82) is 5.26 Å². The summed E-state index contributed by atoms with van der Waals surface area (Å²) in [6, 6.07) is 1.84. The third kappa shape index (κ3) is 4.75. The Balaban J connectivity index is 1.43. The summed E-state index contributed by atoms with van der Waals surface area (Å²) in [4.78, 5) is 0. The second-order valence-corrected chi connectivity index (χ2v) is 9.31. The molecule has 3 atom stereocenters. The van der Waals surface area contributed by atoms with Gasteiger partial charge in [-0.2, -0.15) is 5.26 Å². The molecule has 0 aliphatic heterocycles. The van der Waals surface area contributed by atoms with E-state index in [0.29, 0.717) is 18.8 Å². The van der Waals surface area contributed by atoms with Crippen LogP contribution < -0.4 is 0 Å². The van der Waals surface area contributed by atoms with Crippen molar-refractivity contribution < 1.29 is 8.78 Å². The van der Waals surface area contributed by atoms with Crippen molar-refractivity contribution >= 4 is 0 Å². The lowest BCUT2D eigenvalue weighted by Crippen LogP contribution is -2.38. The first-order valence-corrected chi connectivity index (χ1v) is 10.8. The third-order valence-electron chi connectivity index (χ3n) is 7.70. The van der Waals surface area contributed by atoms with Crippen LogP contribution in [-0.2, 0) is 0 Å². The Morgan fingerprint density at radius 3 is 2.04 bits per heavy atom. The van der Waals surface area contributed by atoms with Crippen LogP contribution in [0.1, 0.15) is 84.0 Å². The quantitative estimate of drug-likeness (QED) is 0.558. The fourth-order valence-corrected chi connectivity index (χ4v) is 6.06. The zero-order chi connectivity index (χ0) is 17.8. The van der Waals surface area contributed by atoms with E-state index in [-0.39, 0.29) is 5.92 Å². The molecule has 3 rings (SSSR count). The van der Waals surface area contributed by atoms with Crippen LogP contribution in [0.5, 0.6) is 0 Å². The van der Waals surface area contributed by atoms with E-state index >= 15 is 0 Å². The van der Waals surface area contributed by atoms with Crippen LogP contribution in [0.25, 0.3) is 0 Å². The molecule has 0 N–H and O–H groups in total. The van der Waals surface area contributed by atoms with Crippen molar-refractivity contribution in [2.24, 2.45) is 35.5 Å². The first-order valence-electron chi connectivity index (χ1n) is 10.8. The molecule has 1 nitrogen and oxygen atoms in total. The maximum absolute atomic E-state index is 14.1. The molecule has 0 amide bonds. The fraction of sp³-hybridized carbons (Fsp3) is 0.955. The number of nitriles is 1.